The summed E-state index contributed by atoms with van der Waals surface area (Å²) in [4.78, 5) is 33.0. The highest BCUT2D eigenvalue weighted by atomic mass is 32.1. The number of piperidine rings is 2. The second kappa shape index (κ2) is 10.5. The third kappa shape index (κ3) is 4.75. The SMILES string of the molecule is CCN(C(=O)C1CCCN(C2CCN(C(=O)c3c(N)sc4c(OC)cccc34)CC2)C1)C(C)C. The number of nitrogens with zero attached hydrogens (tertiary/aromatic N) is 3. The van der Waals surface area contributed by atoms with Crippen molar-refractivity contribution in [2.24, 2.45) is 5.92 Å². The fourth-order valence-electron chi connectivity index (χ4n) is 5.63. The third-order valence-corrected chi connectivity index (χ3v) is 8.51. The van der Waals surface area contributed by atoms with Crippen LogP contribution in [-0.2, 0) is 4.79 Å². The molecule has 8 heteroatoms. The van der Waals surface area contributed by atoms with Crippen molar-refractivity contribution >= 4 is 38.2 Å². The number of hydrogen-bond acceptors (Lipinski definition) is 6. The molecule has 34 heavy (non-hydrogen) atoms. The molecule has 2 amide bonds. The minimum absolute atomic E-state index is 0.0117. The van der Waals surface area contributed by atoms with E-state index < -0.39 is 0 Å². The molecular weight excluding hydrogens is 448 g/mol. The topological polar surface area (TPSA) is 79.1 Å². The van der Waals surface area contributed by atoms with Crippen LogP contribution in [0.4, 0.5) is 5.00 Å². The van der Waals surface area contributed by atoms with Gasteiger partial charge >= 0.3 is 0 Å². The van der Waals surface area contributed by atoms with E-state index in [9.17, 15) is 9.59 Å². The number of anilines is 1. The average Bonchev–Trinajstić information content (AvgIpc) is 3.19. The Morgan fingerprint density at radius 2 is 1.94 bits per heavy atom. The van der Waals surface area contributed by atoms with E-state index in [2.05, 4.69) is 25.7 Å². The Labute approximate surface area is 206 Å². The lowest BCUT2D eigenvalue weighted by molar-refractivity contribution is -0.139. The van der Waals surface area contributed by atoms with E-state index in [0.717, 1.165) is 61.2 Å². The first-order chi connectivity index (χ1) is 16.3. The number of methoxy groups -OCH3 is 1. The molecule has 1 aromatic carbocycles. The van der Waals surface area contributed by atoms with Gasteiger partial charge in [-0.3, -0.25) is 14.5 Å². The van der Waals surface area contributed by atoms with Crippen LogP contribution in [0.2, 0.25) is 0 Å². The normalized spacial score (nSPS) is 20.1. The molecule has 0 radical (unpaired) electrons. The number of carbonyl (C=O) groups excluding carboxylic acids is 2. The summed E-state index contributed by atoms with van der Waals surface area (Å²) in [5.41, 5.74) is 6.91. The van der Waals surface area contributed by atoms with Crippen molar-refractivity contribution in [1.82, 2.24) is 14.7 Å². The maximum absolute atomic E-state index is 13.4. The Kier molecular flexibility index (Phi) is 7.67. The molecule has 2 saturated heterocycles. The van der Waals surface area contributed by atoms with Crippen LogP contribution >= 0.6 is 11.3 Å². The van der Waals surface area contributed by atoms with Gasteiger partial charge in [0.05, 0.1) is 28.3 Å². The number of thiophene rings is 1. The number of nitrogens with two attached hydrogens (primary N) is 1. The Morgan fingerprint density at radius 3 is 2.59 bits per heavy atom. The minimum Gasteiger partial charge on any atom is -0.495 e. The quantitative estimate of drug-likeness (QED) is 0.666. The van der Waals surface area contributed by atoms with Crippen LogP contribution in [0.1, 0.15) is 56.8 Å². The van der Waals surface area contributed by atoms with E-state index in [1.165, 1.54) is 11.3 Å². The van der Waals surface area contributed by atoms with E-state index >= 15 is 0 Å². The van der Waals surface area contributed by atoms with Gasteiger partial charge < -0.3 is 20.3 Å². The zero-order valence-corrected chi connectivity index (χ0v) is 21.7. The molecule has 186 valence electrons. The maximum Gasteiger partial charge on any atom is 0.257 e. The van der Waals surface area contributed by atoms with Crippen LogP contribution in [0.5, 0.6) is 5.75 Å². The van der Waals surface area contributed by atoms with Crippen molar-refractivity contribution in [3.8, 4) is 5.75 Å². The summed E-state index contributed by atoms with van der Waals surface area (Å²) in [5, 5.41) is 1.42. The molecule has 2 N–H and O–H groups in total. The van der Waals surface area contributed by atoms with Crippen molar-refractivity contribution in [1.29, 1.82) is 0 Å². The highest BCUT2D eigenvalue weighted by Crippen LogP contribution is 2.40. The number of amides is 2. The number of carbonyl (C=O) groups is 2. The molecule has 0 spiro atoms. The van der Waals surface area contributed by atoms with Crippen LogP contribution in [-0.4, -0.2) is 78.4 Å². The number of fused-ring (bicyclic) bond motifs is 1. The van der Waals surface area contributed by atoms with E-state index in [1.54, 1.807) is 7.11 Å². The Balaban J connectivity index is 1.40. The summed E-state index contributed by atoms with van der Waals surface area (Å²) in [6.07, 6.45) is 3.90. The summed E-state index contributed by atoms with van der Waals surface area (Å²) in [6, 6.07) is 6.42. The lowest BCUT2D eigenvalue weighted by Gasteiger charge is -2.43. The van der Waals surface area contributed by atoms with Crippen LogP contribution in [0.15, 0.2) is 18.2 Å². The summed E-state index contributed by atoms with van der Waals surface area (Å²) in [5.74, 6) is 1.14. The fourth-order valence-corrected chi connectivity index (χ4v) is 6.69. The molecule has 2 fully saturated rings. The van der Waals surface area contributed by atoms with Crippen molar-refractivity contribution in [3.63, 3.8) is 0 Å². The van der Waals surface area contributed by atoms with Gasteiger partial charge in [-0.25, -0.2) is 0 Å². The highest BCUT2D eigenvalue weighted by molar-refractivity contribution is 7.23. The first-order valence-electron chi connectivity index (χ1n) is 12.5. The minimum atomic E-state index is 0.0117. The summed E-state index contributed by atoms with van der Waals surface area (Å²) in [7, 11) is 1.64. The zero-order chi connectivity index (χ0) is 24.4. The molecule has 4 rings (SSSR count). The van der Waals surface area contributed by atoms with Crippen molar-refractivity contribution < 1.29 is 14.3 Å². The fraction of sp³-hybridized carbons (Fsp3) is 0.615. The van der Waals surface area contributed by atoms with Crippen molar-refractivity contribution in [2.75, 3.05) is 45.6 Å². The Bertz CT molecular complexity index is 1030. The summed E-state index contributed by atoms with van der Waals surface area (Å²) in [6.45, 7) is 10.3. The maximum atomic E-state index is 13.4. The van der Waals surface area contributed by atoms with Crippen LogP contribution in [0.25, 0.3) is 10.1 Å². The second-order valence-corrected chi connectivity index (χ2v) is 10.8. The molecule has 0 bridgehead atoms. The largest absolute Gasteiger partial charge is 0.495 e. The van der Waals surface area contributed by atoms with Gasteiger partial charge in [-0.1, -0.05) is 12.1 Å². The van der Waals surface area contributed by atoms with E-state index in [0.29, 0.717) is 35.6 Å². The number of likely N-dealkylation sites (tertiary alicyclic amines) is 2. The monoisotopic (exact) mass is 486 g/mol. The Morgan fingerprint density at radius 1 is 1.21 bits per heavy atom. The lowest BCUT2D eigenvalue weighted by atomic mass is 9.92. The molecule has 0 saturated carbocycles. The van der Waals surface area contributed by atoms with Gasteiger partial charge in [0, 0.05) is 43.6 Å². The van der Waals surface area contributed by atoms with Gasteiger partial charge in [-0.15, -0.1) is 11.3 Å². The predicted molar refractivity (Wildman–Crippen MR) is 139 cm³/mol. The van der Waals surface area contributed by atoms with Gasteiger partial charge in [-0.2, -0.15) is 0 Å². The molecule has 3 heterocycles. The zero-order valence-electron chi connectivity index (χ0n) is 20.9. The van der Waals surface area contributed by atoms with E-state index in [4.69, 9.17) is 10.5 Å². The highest BCUT2D eigenvalue weighted by Gasteiger charge is 2.35. The summed E-state index contributed by atoms with van der Waals surface area (Å²) >= 11 is 1.42. The molecule has 0 aliphatic carbocycles. The van der Waals surface area contributed by atoms with Gasteiger partial charge in [0.15, 0.2) is 0 Å². The molecular formula is C26H38N4O3S. The predicted octanol–water partition coefficient (Wildman–Crippen LogP) is 4.07. The van der Waals surface area contributed by atoms with Crippen molar-refractivity contribution in [3.05, 3.63) is 23.8 Å². The smallest absolute Gasteiger partial charge is 0.257 e. The lowest BCUT2D eigenvalue weighted by Crippen LogP contribution is -2.52. The standard InChI is InChI=1S/C26H38N4O3S/c1-5-30(17(2)3)25(31)18-8-7-13-29(16-18)19-11-14-28(15-12-19)26(32)22-20-9-6-10-21(33-4)23(20)34-24(22)27/h6,9-10,17-19H,5,7-8,11-16,27H2,1-4H3. The average molecular weight is 487 g/mol. The van der Waals surface area contributed by atoms with E-state index in [1.807, 2.05) is 28.0 Å². The Hall–Kier alpha value is -2.32. The number of hydrogen-bond donors (Lipinski definition) is 1. The molecule has 2 aliphatic rings. The third-order valence-electron chi connectivity index (χ3n) is 7.46. The molecule has 1 atom stereocenters. The number of rotatable bonds is 6. The second-order valence-electron chi connectivity index (χ2n) is 9.75. The number of benzene rings is 1. The first kappa shape index (κ1) is 24.8. The molecule has 1 aromatic heterocycles. The van der Waals surface area contributed by atoms with Crippen molar-refractivity contribution in [2.45, 2.75) is 58.5 Å². The van der Waals surface area contributed by atoms with Crippen LogP contribution in [0.3, 0.4) is 0 Å². The number of nitrogen functional groups attached to an aromatic ring is 1. The van der Waals surface area contributed by atoms with Crippen LogP contribution in [0, 0.1) is 5.92 Å². The van der Waals surface area contributed by atoms with Gasteiger partial charge in [0.1, 0.15) is 5.75 Å². The molecule has 7 nitrogen and oxygen atoms in total. The first-order valence-corrected chi connectivity index (χ1v) is 13.4. The van der Waals surface area contributed by atoms with Gasteiger partial charge in [0.25, 0.3) is 5.91 Å². The number of ether oxygens (including phenoxy) is 1. The molecule has 1 unspecified atom stereocenters. The molecule has 2 aliphatic heterocycles. The summed E-state index contributed by atoms with van der Waals surface area (Å²) < 4.78 is 6.38. The van der Waals surface area contributed by atoms with Crippen LogP contribution < -0.4 is 10.5 Å². The van der Waals surface area contributed by atoms with E-state index in [-0.39, 0.29) is 17.9 Å². The van der Waals surface area contributed by atoms with Gasteiger partial charge in [0.2, 0.25) is 5.91 Å². The van der Waals surface area contributed by atoms with Gasteiger partial charge in [-0.05, 0) is 59.1 Å². The molecule has 2 aromatic rings.